The first-order valence-corrected chi connectivity index (χ1v) is 2.10. The molecule has 0 bridgehead atoms. The van der Waals surface area contributed by atoms with Crippen molar-refractivity contribution in [2.24, 2.45) is 0 Å². The highest BCUT2D eigenvalue weighted by Gasteiger charge is 1.96. The van der Waals surface area contributed by atoms with Crippen molar-refractivity contribution in [1.29, 1.82) is 0 Å². The molecule has 0 aromatic heterocycles. The second-order valence-electron chi connectivity index (χ2n) is 1.22. The van der Waals surface area contributed by atoms with E-state index in [1.54, 1.807) is 0 Å². The SMILES string of the molecule is [B]1CN[B]CN1. The van der Waals surface area contributed by atoms with Gasteiger partial charge in [0.25, 0.3) is 0 Å². The first-order valence-electron chi connectivity index (χ1n) is 2.10. The molecule has 1 heterocycles. The standard InChI is InChI=1S/C2H6B2N2/c1-3-6-2-4-5-1/h5-6H,1-2H2. The smallest absolute Gasteiger partial charge is 0.219 e. The molecular formula is C2H6B2N2. The molecular weight excluding hydrogens is 73.7 g/mol. The molecule has 0 atom stereocenters. The zero-order valence-electron chi connectivity index (χ0n) is 3.57. The lowest BCUT2D eigenvalue weighted by atomic mass is 9.80. The molecule has 0 amide bonds. The molecule has 1 aliphatic heterocycles. The van der Waals surface area contributed by atoms with Gasteiger partial charge in [-0.3, -0.25) is 0 Å². The van der Waals surface area contributed by atoms with Crippen LogP contribution in [0.4, 0.5) is 0 Å². The molecule has 2 N–H and O–H groups in total. The average molecular weight is 79.7 g/mol. The topological polar surface area (TPSA) is 24.1 Å². The van der Waals surface area contributed by atoms with Crippen LogP contribution in [0, 0.1) is 0 Å². The highest BCUT2D eigenvalue weighted by atomic mass is 14.9. The van der Waals surface area contributed by atoms with Crippen molar-refractivity contribution in [3.63, 3.8) is 0 Å². The zero-order chi connectivity index (χ0) is 4.24. The van der Waals surface area contributed by atoms with E-state index in [4.69, 9.17) is 0 Å². The summed E-state index contributed by atoms with van der Waals surface area (Å²) < 4.78 is 0. The molecule has 30 valence electrons. The first-order chi connectivity index (χ1) is 3.00. The van der Waals surface area contributed by atoms with E-state index in [2.05, 4.69) is 10.5 Å². The second kappa shape index (κ2) is 2.26. The molecule has 0 aromatic carbocycles. The van der Waals surface area contributed by atoms with E-state index in [0.717, 1.165) is 12.9 Å². The van der Waals surface area contributed by atoms with E-state index in [1.807, 2.05) is 14.8 Å². The van der Waals surface area contributed by atoms with Crippen LogP contribution < -0.4 is 10.5 Å². The van der Waals surface area contributed by atoms with Gasteiger partial charge in [0, 0.05) is 0 Å². The van der Waals surface area contributed by atoms with Crippen LogP contribution in [0.3, 0.4) is 0 Å². The van der Waals surface area contributed by atoms with Gasteiger partial charge in [-0.2, -0.15) is 0 Å². The summed E-state index contributed by atoms with van der Waals surface area (Å²) in [7, 11) is 4.00. The van der Waals surface area contributed by atoms with Gasteiger partial charge >= 0.3 is 0 Å². The Morgan fingerprint density at radius 3 is 1.67 bits per heavy atom. The third kappa shape index (κ3) is 1.03. The molecule has 0 aromatic rings. The summed E-state index contributed by atoms with van der Waals surface area (Å²) in [5, 5.41) is 6.08. The van der Waals surface area contributed by atoms with Gasteiger partial charge in [-0.25, -0.2) is 0 Å². The number of nitrogens with one attached hydrogen (secondary N) is 2. The summed E-state index contributed by atoms with van der Waals surface area (Å²) in [4.78, 5) is 0. The molecule has 2 radical (unpaired) electrons. The van der Waals surface area contributed by atoms with E-state index < -0.39 is 0 Å². The third-order valence-corrected chi connectivity index (χ3v) is 0.729. The van der Waals surface area contributed by atoms with Crippen molar-refractivity contribution in [3.05, 3.63) is 0 Å². The van der Waals surface area contributed by atoms with Crippen LogP contribution >= 0.6 is 0 Å². The van der Waals surface area contributed by atoms with Crippen molar-refractivity contribution < 1.29 is 0 Å². The summed E-state index contributed by atoms with van der Waals surface area (Å²) in [6.07, 6.45) is 1.92. The molecule has 0 spiro atoms. The Morgan fingerprint density at radius 1 is 1.00 bits per heavy atom. The summed E-state index contributed by atoms with van der Waals surface area (Å²) in [5.41, 5.74) is 0. The molecule has 1 fully saturated rings. The van der Waals surface area contributed by atoms with Crippen LogP contribution in [-0.2, 0) is 0 Å². The molecule has 0 saturated carbocycles. The predicted octanol–water partition coefficient (Wildman–Crippen LogP) is -1.67. The summed E-state index contributed by atoms with van der Waals surface area (Å²) >= 11 is 0. The molecule has 6 heavy (non-hydrogen) atoms. The number of hydrogen-bond donors (Lipinski definition) is 2. The maximum absolute atomic E-state index is 3.04. The molecule has 0 aliphatic carbocycles. The van der Waals surface area contributed by atoms with E-state index in [-0.39, 0.29) is 0 Å². The lowest BCUT2D eigenvalue weighted by Gasteiger charge is -2.08. The summed E-state index contributed by atoms with van der Waals surface area (Å²) in [6.45, 7) is 0. The van der Waals surface area contributed by atoms with Gasteiger partial charge in [-0.1, -0.05) is 0 Å². The maximum atomic E-state index is 3.04. The highest BCUT2D eigenvalue weighted by Crippen LogP contribution is 1.59. The van der Waals surface area contributed by atoms with Gasteiger partial charge < -0.3 is 10.5 Å². The van der Waals surface area contributed by atoms with Gasteiger partial charge in [0.2, 0.25) is 14.8 Å². The first kappa shape index (κ1) is 4.22. The molecule has 0 unspecified atom stereocenters. The van der Waals surface area contributed by atoms with Crippen molar-refractivity contribution in [1.82, 2.24) is 10.5 Å². The van der Waals surface area contributed by atoms with Gasteiger partial charge in [0.05, 0.1) is 0 Å². The average Bonchev–Trinajstić information content (AvgIpc) is 1.72. The Morgan fingerprint density at radius 2 is 1.50 bits per heavy atom. The van der Waals surface area contributed by atoms with Crippen LogP contribution in [0.25, 0.3) is 0 Å². The molecule has 1 rings (SSSR count). The fourth-order valence-corrected chi connectivity index (χ4v) is 0.429. The lowest BCUT2D eigenvalue weighted by Crippen LogP contribution is -2.45. The van der Waals surface area contributed by atoms with Crippen LogP contribution in [0.15, 0.2) is 0 Å². The van der Waals surface area contributed by atoms with Crippen molar-refractivity contribution in [3.8, 4) is 0 Å². The molecule has 2 nitrogen and oxygen atoms in total. The van der Waals surface area contributed by atoms with Crippen molar-refractivity contribution in [2.45, 2.75) is 0 Å². The Bertz CT molecular complexity index is 25.0. The Kier molecular flexibility index (Phi) is 1.59. The van der Waals surface area contributed by atoms with Crippen LogP contribution in [0.2, 0.25) is 0 Å². The number of hydrogen-bond acceptors (Lipinski definition) is 2. The Balaban J connectivity index is 2.00. The number of rotatable bonds is 0. The zero-order valence-corrected chi connectivity index (χ0v) is 3.57. The van der Waals surface area contributed by atoms with Gasteiger partial charge in [0.1, 0.15) is 0 Å². The second-order valence-corrected chi connectivity index (χ2v) is 1.22. The maximum Gasteiger partial charge on any atom is 0.219 e. The van der Waals surface area contributed by atoms with Crippen LogP contribution in [0.5, 0.6) is 0 Å². The largest absolute Gasteiger partial charge is 0.365 e. The van der Waals surface area contributed by atoms with Gasteiger partial charge in [-0.15, -0.1) is 0 Å². The minimum Gasteiger partial charge on any atom is -0.365 e. The molecule has 1 saturated heterocycles. The van der Waals surface area contributed by atoms with E-state index in [1.165, 1.54) is 0 Å². The third-order valence-electron chi connectivity index (χ3n) is 0.729. The normalized spacial score (nSPS) is 21.3. The van der Waals surface area contributed by atoms with Crippen molar-refractivity contribution in [2.75, 3.05) is 12.9 Å². The lowest BCUT2D eigenvalue weighted by molar-refractivity contribution is 1.01. The minimum absolute atomic E-state index is 0.958. The van der Waals surface area contributed by atoms with E-state index >= 15 is 0 Å². The van der Waals surface area contributed by atoms with Crippen LogP contribution in [0.1, 0.15) is 0 Å². The highest BCUT2D eigenvalue weighted by molar-refractivity contribution is 6.43. The molecule has 1 aliphatic rings. The monoisotopic (exact) mass is 80.1 g/mol. The van der Waals surface area contributed by atoms with E-state index in [0.29, 0.717) is 0 Å². The van der Waals surface area contributed by atoms with Crippen LogP contribution in [-0.4, -0.2) is 27.7 Å². The minimum atomic E-state index is 0.958. The fourth-order valence-electron chi connectivity index (χ4n) is 0.429. The van der Waals surface area contributed by atoms with E-state index in [9.17, 15) is 0 Å². The van der Waals surface area contributed by atoms with Gasteiger partial charge in [0.15, 0.2) is 0 Å². The summed E-state index contributed by atoms with van der Waals surface area (Å²) in [6, 6.07) is 0. The fraction of sp³-hybridized carbons (Fsp3) is 1.00. The van der Waals surface area contributed by atoms with Crippen molar-refractivity contribution >= 4 is 14.8 Å². The quantitative estimate of drug-likeness (QED) is 0.340. The van der Waals surface area contributed by atoms with Gasteiger partial charge in [-0.05, 0) is 12.9 Å². The molecule has 4 heteroatoms. The predicted molar refractivity (Wildman–Crippen MR) is 27.5 cm³/mol. The summed E-state index contributed by atoms with van der Waals surface area (Å²) in [5.74, 6) is 0. The Labute approximate surface area is 39.2 Å². The Hall–Kier alpha value is 0.0499.